The quantitative estimate of drug-likeness (QED) is 0.817. The van der Waals surface area contributed by atoms with E-state index in [0.29, 0.717) is 24.1 Å². The number of alkyl halides is 3. The lowest BCUT2D eigenvalue weighted by Gasteiger charge is -2.27. The number of carbonyl (C=O) groups excluding carboxylic acids is 1. The highest BCUT2D eigenvalue weighted by Crippen LogP contribution is 2.30. The minimum absolute atomic E-state index is 0.102. The highest BCUT2D eigenvalue weighted by molar-refractivity contribution is 5.94. The maximum absolute atomic E-state index is 13.6. The van der Waals surface area contributed by atoms with Gasteiger partial charge in [-0.3, -0.25) is 4.79 Å². The number of hydrogen-bond donors (Lipinski definition) is 1. The molecule has 1 aromatic carbocycles. The molecule has 0 spiro atoms. The molecular weight excluding hydrogens is 286 g/mol. The van der Waals surface area contributed by atoms with Gasteiger partial charge in [-0.1, -0.05) is 19.8 Å². The first kappa shape index (κ1) is 15.8. The number of carbonyl (C=O) groups is 1. The summed E-state index contributed by atoms with van der Waals surface area (Å²) in [6.07, 6.45) is -1.02. The molecule has 0 saturated heterocycles. The highest BCUT2D eigenvalue weighted by Gasteiger charge is 2.32. The van der Waals surface area contributed by atoms with Crippen LogP contribution in [0.15, 0.2) is 18.2 Å². The van der Waals surface area contributed by atoms with E-state index in [2.05, 4.69) is 12.2 Å². The highest BCUT2D eigenvalue weighted by atomic mass is 19.4. The second kappa shape index (κ2) is 6.03. The van der Waals surface area contributed by atoms with Gasteiger partial charge in [-0.25, -0.2) is 4.39 Å². The van der Waals surface area contributed by atoms with E-state index in [-0.39, 0.29) is 6.04 Å². The molecule has 2 rings (SSSR count). The molecule has 1 N–H and O–H groups in total. The van der Waals surface area contributed by atoms with Gasteiger partial charge in [0.2, 0.25) is 0 Å². The SMILES string of the molecule is CC1CCCC(NC(=O)c2cc(C(F)(F)F)ccc2F)C1. The second-order valence-corrected chi connectivity index (χ2v) is 5.63. The smallest absolute Gasteiger partial charge is 0.349 e. The zero-order valence-corrected chi connectivity index (χ0v) is 11.6. The molecule has 1 fully saturated rings. The zero-order valence-electron chi connectivity index (χ0n) is 11.6. The van der Waals surface area contributed by atoms with Crippen LogP contribution in [0, 0.1) is 11.7 Å². The van der Waals surface area contributed by atoms with Gasteiger partial charge >= 0.3 is 6.18 Å². The molecule has 1 aliphatic rings. The lowest BCUT2D eigenvalue weighted by molar-refractivity contribution is -0.137. The van der Waals surface area contributed by atoms with Gasteiger partial charge in [0.25, 0.3) is 5.91 Å². The molecule has 1 amide bonds. The van der Waals surface area contributed by atoms with Crippen molar-refractivity contribution in [2.24, 2.45) is 5.92 Å². The van der Waals surface area contributed by atoms with Crippen molar-refractivity contribution >= 4 is 5.91 Å². The molecule has 0 aliphatic heterocycles. The monoisotopic (exact) mass is 303 g/mol. The summed E-state index contributed by atoms with van der Waals surface area (Å²) in [5.41, 5.74) is -1.57. The number of nitrogens with one attached hydrogen (secondary N) is 1. The molecule has 1 aliphatic carbocycles. The van der Waals surface area contributed by atoms with E-state index in [1.54, 1.807) is 0 Å². The Hall–Kier alpha value is -1.59. The Morgan fingerprint density at radius 3 is 2.62 bits per heavy atom. The predicted octanol–water partition coefficient (Wildman–Crippen LogP) is 4.15. The summed E-state index contributed by atoms with van der Waals surface area (Å²) in [5.74, 6) is -1.27. The molecule has 2 nitrogen and oxygen atoms in total. The molecule has 1 saturated carbocycles. The summed E-state index contributed by atoms with van der Waals surface area (Å²) in [6, 6.07) is 1.78. The standard InChI is InChI=1S/C15H17F4NO/c1-9-3-2-4-11(7-9)20-14(21)12-8-10(15(17,18)19)5-6-13(12)16/h5-6,8-9,11H,2-4,7H2,1H3,(H,20,21). The van der Waals surface area contributed by atoms with Gasteiger partial charge < -0.3 is 5.32 Å². The topological polar surface area (TPSA) is 29.1 Å². The molecule has 2 unspecified atom stereocenters. The average Bonchev–Trinajstić information content (AvgIpc) is 2.37. The van der Waals surface area contributed by atoms with Gasteiger partial charge in [-0.05, 0) is 37.0 Å². The van der Waals surface area contributed by atoms with Gasteiger partial charge in [0.15, 0.2) is 0 Å². The van der Waals surface area contributed by atoms with Crippen molar-refractivity contribution in [3.05, 3.63) is 35.1 Å². The summed E-state index contributed by atoms with van der Waals surface area (Å²) < 4.78 is 51.5. The van der Waals surface area contributed by atoms with E-state index in [1.807, 2.05) is 0 Å². The van der Waals surface area contributed by atoms with Gasteiger partial charge in [-0.2, -0.15) is 13.2 Å². The maximum Gasteiger partial charge on any atom is 0.416 e. The van der Waals surface area contributed by atoms with E-state index in [1.165, 1.54) is 0 Å². The third-order valence-electron chi connectivity index (χ3n) is 3.81. The third-order valence-corrected chi connectivity index (χ3v) is 3.81. The fraction of sp³-hybridized carbons (Fsp3) is 0.533. The molecule has 0 bridgehead atoms. The Kier molecular flexibility index (Phi) is 4.54. The van der Waals surface area contributed by atoms with Crippen molar-refractivity contribution in [2.45, 2.75) is 44.8 Å². The minimum Gasteiger partial charge on any atom is -0.349 e. The Morgan fingerprint density at radius 1 is 1.29 bits per heavy atom. The van der Waals surface area contributed by atoms with Crippen molar-refractivity contribution in [1.29, 1.82) is 0 Å². The van der Waals surface area contributed by atoms with Crippen LogP contribution < -0.4 is 5.32 Å². The molecule has 116 valence electrons. The number of benzene rings is 1. The molecule has 0 radical (unpaired) electrons. The maximum atomic E-state index is 13.6. The summed E-state index contributed by atoms with van der Waals surface area (Å²) in [5, 5.41) is 2.64. The summed E-state index contributed by atoms with van der Waals surface area (Å²) in [7, 11) is 0. The van der Waals surface area contributed by atoms with Crippen LogP contribution in [0.1, 0.15) is 48.5 Å². The molecule has 0 heterocycles. The molecule has 1 aromatic rings. The number of rotatable bonds is 2. The van der Waals surface area contributed by atoms with Crippen molar-refractivity contribution in [2.75, 3.05) is 0 Å². The lowest BCUT2D eigenvalue weighted by atomic mass is 9.87. The van der Waals surface area contributed by atoms with Crippen molar-refractivity contribution in [3.8, 4) is 0 Å². The molecule has 0 aromatic heterocycles. The van der Waals surface area contributed by atoms with E-state index in [4.69, 9.17) is 0 Å². The average molecular weight is 303 g/mol. The Bertz CT molecular complexity index is 527. The van der Waals surface area contributed by atoms with E-state index >= 15 is 0 Å². The minimum atomic E-state index is -4.60. The molecular formula is C15H17F4NO. The summed E-state index contributed by atoms with van der Waals surface area (Å²) in [4.78, 5) is 12.0. The Morgan fingerprint density at radius 2 is 2.00 bits per heavy atom. The van der Waals surface area contributed by atoms with Crippen LogP contribution in [0.2, 0.25) is 0 Å². The van der Waals surface area contributed by atoms with Crippen LogP contribution >= 0.6 is 0 Å². The molecule has 2 atom stereocenters. The Labute approximate surface area is 120 Å². The zero-order chi connectivity index (χ0) is 15.6. The van der Waals surface area contributed by atoms with Crippen molar-refractivity contribution in [3.63, 3.8) is 0 Å². The summed E-state index contributed by atoms with van der Waals surface area (Å²) >= 11 is 0. The van der Waals surface area contributed by atoms with Gasteiger partial charge in [0, 0.05) is 6.04 Å². The van der Waals surface area contributed by atoms with E-state index < -0.39 is 29.0 Å². The number of amides is 1. The summed E-state index contributed by atoms with van der Waals surface area (Å²) in [6.45, 7) is 2.06. The van der Waals surface area contributed by atoms with Gasteiger partial charge in [-0.15, -0.1) is 0 Å². The first-order valence-electron chi connectivity index (χ1n) is 6.95. The number of hydrogen-bond acceptors (Lipinski definition) is 1. The fourth-order valence-electron chi connectivity index (χ4n) is 2.70. The van der Waals surface area contributed by atoms with Crippen LogP contribution in [-0.2, 0) is 6.18 Å². The largest absolute Gasteiger partial charge is 0.416 e. The third kappa shape index (κ3) is 3.95. The molecule has 6 heteroatoms. The predicted molar refractivity (Wildman–Crippen MR) is 70.3 cm³/mol. The van der Waals surface area contributed by atoms with Crippen LogP contribution in [-0.4, -0.2) is 11.9 Å². The van der Waals surface area contributed by atoms with Crippen LogP contribution in [0.5, 0.6) is 0 Å². The van der Waals surface area contributed by atoms with Crippen LogP contribution in [0.4, 0.5) is 17.6 Å². The number of halogens is 4. The van der Waals surface area contributed by atoms with Crippen molar-refractivity contribution in [1.82, 2.24) is 5.32 Å². The van der Waals surface area contributed by atoms with Crippen molar-refractivity contribution < 1.29 is 22.4 Å². The Balaban J connectivity index is 2.15. The van der Waals surface area contributed by atoms with E-state index in [0.717, 1.165) is 25.7 Å². The lowest BCUT2D eigenvalue weighted by Crippen LogP contribution is -2.38. The van der Waals surface area contributed by atoms with Gasteiger partial charge in [0.1, 0.15) is 5.82 Å². The van der Waals surface area contributed by atoms with Crippen LogP contribution in [0.3, 0.4) is 0 Å². The first-order valence-corrected chi connectivity index (χ1v) is 6.95. The second-order valence-electron chi connectivity index (χ2n) is 5.63. The first-order chi connectivity index (χ1) is 9.77. The van der Waals surface area contributed by atoms with Gasteiger partial charge in [0.05, 0.1) is 11.1 Å². The molecule has 21 heavy (non-hydrogen) atoms. The fourth-order valence-corrected chi connectivity index (χ4v) is 2.70. The van der Waals surface area contributed by atoms with Crippen LogP contribution in [0.25, 0.3) is 0 Å². The normalized spacial score (nSPS) is 22.9. The van der Waals surface area contributed by atoms with E-state index in [9.17, 15) is 22.4 Å².